The highest BCUT2D eigenvalue weighted by Crippen LogP contribution is 2.45. The van der Waals surface area contributed by atoms with Gasteiger partial charge in [-0.1, -0.05) is 42.5 Å². The highest BCUT2D eigenvalue weighted by atomic mass is 19.1. The van der Waals surface area contributed by atoms with Crippen molar-refractivity contribution in [1.29, 1.82) is 0 Å². The molecule has 2 aliphatic rings. The molecular formula is C31H25FN2O5. The summed E-state index contributed by atoms with van der Waals surface area (Å²) in [6, 6.07) is 25.1. The summed E-state index contributed by atoms with van der Waals surface area (Å²) in [6.07, 6.45) is 0. The van der Waals surface area contributed by atoms with Crippen LogP contribution >= 0.6 is 0 Å². The lowest BCUT2D eigenvalue weighted by atomic mass is 9.79. The number of halogens is 1. The van der Waals surface area contributed by atoms with Crippen LogP contribution in [-0.4, -0.2) is 30.6 Å². The first-order chi connectivity index (χ1) is 19.0. The van der Waals surface area contributed by atoms with Crippen molar-refractivity contribution in [3.63, 3.8) is 0 Å². The van der Waals surface area contributed by atoms with E-state index in [1.165, 1.54) is 12.1 Å². The lowest BCUT2D eigenvalue weighted by Gasteiger charge is -2.42. The van der Waals surface area contributed by atoms with Crippen molar-refractivity contribution < 1.29 is 28.2 Å². The molecule has 0 saturated heterocycles. The molecule has 0 bridgehead atoms. The molecule has 2 aliphatic heterocycles. The number of anilines is 1. The number of fused-ring (bicyclic) bond motifs is 2. The number of carbonyl (C=O) groups is 2. The minimum Gasteiger partial charge on any atom is -0.497 e. The maximum absolute atomic E-state index is 14.1. The third kappa shape index (κ3) is 4.65. The molecule has 0 aromatic heterocycles. The minimum atomic E-state index is -0.738. The Morgan fingerprint density at radius 1 is 0.974 bits per heavy atom. The van der Waals surface area contributed by atoms with E-state index in [1.807, 2.05) is 36.4 Å². The van der Waals surface area contributed by atoms with Crippen LogP contribution < -0.4 is 19.5 Å². The molecule has 0 radical (unpaired) electrons. The minimum absolute atomic E-state index is 0.128. The quantitative estimate of drug-likeness (QED) is 0.351. The molecule has 2 heterocycles. The van der Waals surface area contributed by atoms with Crippen molar-refractivity contribution in [2.75, 3.05) is 19.2 Å². The summed E-state index contributed by atoms with van der Waals surface area (Å²) in [4.78, 5) is 29.7. The second-order valence-corrected chi connectivity index (χ2v) is 9.40. The van der Waals surface area contributed by atoms with Crippen molar-refractivity contribution in [3.8, 4) is 17.2 Å². The van der Waals surface area contributed by atoms with E-state index in [0.717, 1.165) is 11.1 Å². The molecule has 8 heteroatoms. The van der Waals surface area contributed by atoms with Gasteiger partial charge in [0.05, 0.1) is 19.1 Å². The zero-order valence-corrected chi connectivity index (χ0v) is 21.1. The molecule has 196 valence electrons. The number of amides is 2. The van der Waals surface area contributed by atoms with Gasteiger partial charge in [0.25, 0.3) is 5.91 Å². The van der Waals surface area contributed by atoms with Crippen LogP contribution in [0.2, 0.25) is 0 Å². The first-order valence-corrected chi connectivity index (χ1v) is 12.5. The van der Waals surface area contributed by atoms with Crippen LogP contribution in [-0.2, 0) is 11.3 Å². The van der Waals surface area contributed by atoms with Gasteiger partial charge in [-0.15, -0.1) is 0 Å². The number of nitrogens with one attached hydrogen (secondary N) is 1. The zero-order valence-electron chi connectivity index (χ0n) is 21.1. The highest BCUT2D eigenvalue weighted by molar-refractivity contribution is 6.04. The molecule has 2 amide bonds. The van der Waals surface area contributed by atoms with Crippen LogP contribution in [0, 0.1) is 5.82 Å². The van der Waals surface area contributed by atoms with Gasteiger partial charge >= 0.3 is 0 Å². The smallest absolute Gasteiger partial charge is 0.255 e. The summed E-state index contributed by atoms with van der Waals surface area (Å²) >= 11 is 0. The fourth-order valence-corrected chi connectivity index (χ4v) is 5.20. The number of methoxy groups -OCH3 is 1. The Balaban J connectivity index is 1.44. The molecule has 2 atom stereocenters. The fraction of sp³-hybridized carbons (Fsp3) is 0.161. The number of hydrogen-bond acceptors (Lipinski definition) is 5. The number of benzene rings is 4. The van der Waals surface area contributed by atoms with Gasteiger partial charge in [-0.3, -0.25) is 9.59 Å². The maximum atomic E-state index is 14.1. The van der Waals surface area contributed by atoms with Gasteiger partial charge in [0.1, 0.15) is 11.6 Å². The van der Waals surface area contributed by atoms with Gasteiger partial charge in [-0.2, -0.15) is 0 Å². The van der Waals surface area contributed by atoms with Gasteiger partial charge in [-0.25, -0.2) is 4.39 Å². The van der Waals surface area contributed by atoms with Crippen LogP contribution in [0.1, 0.15) is 39.0 Å². The summed E-state index contributed by atoms with van der Waals surface area (Å²) < 4.78 is 29.9. The van der Waals surface area contributed by atoms with Gasteiger partial charge in [0, 0.05) is 23.9 Å². The van der Waals surface area contributed by atoms with Gasteiger partial charge in [0.15, 0.2) is 11.5 Å². The average molecular weight is 525 g/mol. The molecule has 0 fully saturated rings. The Bertz CT molecular complexity index is 1540. The van der Waals surface area contributed by atoms with Crippen molar-refractivity contribution in [2.45, 2.75) is 18.5 Å². The van der Waals surface area contributed by atoms with E-state index in [9.17, 15) is 14.0 Å². The van der Waals surface area contributed by atoms with E-state index in [1.54, 1.807) is 54.5 Å². The highest BCUT2D eigenvalue weighted by Gasteiger charge is 2.44. The summed E-state index contributed by atoms with van der Waals surface area (Å²) in [5, 5.41) is 3.02. The third-order valence-electron chi connectivity index (χ3n) is 7.08. The van der Waals surface area contributed by atoms with Crippen LogP contribution in [0.3, 0.4) is 0 Å². The number of ether oxygens (including phenoxy) is 3. The first-order valence-electron chi connectivity index (χ1n) is 12.5. The summed E-state index contributed by atoms with van der Waals surface area (Å²) in [5.74, 6) is 0.245. The molecule has 0 saturated carbocycles. The Morgan fingerprint density at radius 3 is 2.49 bits per heavy atom. The summed E-state index contributed by atoms with van der Waals surface area (Å²) in [5.41, 5.74) is 3.16. The third-order valence-corrected chi connectivity index (χ3v) is 7.08. The van der Waals surface area contributed by atoms with Gasteiger partial charge < -0.3 is 24.4 Å². The Hall–Kier alpha value is -4.85. The summed E-state index contributed by atoms with van der Waals surface area (Å²) in [7, 11) is 1.58. The van der Waals surface area contributed by atoms with Crippen molar-refractivity contribution in [1.82, 2.24) is 4.90 Å². The number of rotatable bonds is 6. The first kappa shape index (κ1) is 24.5. The monoisotopic (exact) mass is 524 g/mol. The van der Waals surface area contributed by atoms with Gasteiger partial charge in [-0.05, 0) is 59.2 Å². The predicted molar refractivity (Wildman–Crippen MR) is 142 cm³/mol. The predicted octanol–water partition coefficient (Wildman–Crippen LogP) is 5.68. The van der Waals surface area contributed by atoms with Crippen molar-refractivity contribution in [2.24, 2.45) is 0 Å². The second kappa shape index (κ2) is 10.1. The molecule has 4 aromatic rings. The number of carbonyl (C=O) groups excluding carboxylic acids is 2. The molecule has 1 N–H and O–H groups in total. The molecule has 0 unspecified atom stereocenters. The van der Waals surface area contributed by atoms with E-state index in [0.29, 0.717) is 34.1 Å². The molecule has 39 heavy (non-hydrogen) atoms. The Kier molecular flexibility index (Phi) is 6.36. The number of nitrogens with zero attached hydrogens (tertiary/aromatic N) is 1. The lowest BCUT2D eigenvalue weighted by molar-refractivity contribution is -0.119. The van der Waals surface area contributed by atoms with E-state index in [2.05, 4.69) is 5.32 Å². The second-order valence-electron chi connectivity index (χ2n) is 9.40. The summed E-state index contributed by atoms with van der Waals surface area (Å²) in [6.45, 7) is 0.320. The van der Waals surface area contributed by atoms with Crippen molar-refractivity contribution in [3.05, 3.63) is 119 Å². The fourth-order valence-electron chi connectivity index (χ4n) is 5.20. The van der Waals surface area contributed by atoms with E-state index >= 15 is 0 Å². The van der Waals surface area contributed by atoms with Crippen LogP contribution in [0.5, 0.6) is 17.2 Å². The van der Waals surface area contributed by atoms with E-state index in [4.69, 9.17) is 14.2 Å². The zero-order chi connectivity index (χ0) is 26.9. The largest absolute Gasteiger partial charge is 0.497 e. The van der Waals surface area contributed by atoms with Crippen molar-refractivity contribution >= 4 is 17.5 Å². The molecule has 6 rings (SSSR count). The maximum Gasteiger partial charge on any atom is 0.255 e. The van der Waals surface area contributed by atoms with Crippen LogP contribution in [0.4, 0.5) is 10.1 Å². The Labute approximate surface area is 224 Å². The molecule has 7 nitrogen and oxygen atoms in total. The topological polar surface area (TPSA) is 77.1 Å². The van der Waals surface area contributed by atoms with Gasteiger partial charge in [0.2, 0.25) is 12.7 Å². The van der Waals surface area contributed by atoms with E-state index < -0.39 is 12.0 Å². The average Bonchev–Trinajstić information content (AvgIpc) is 3.43. The Morgan fingerprint density at radius 2 is 1.72 bits per heavy atom. The molecule has 0 spiro atoms. The van der Waals surface area contributed by atoms with Crippen LogP contribution in [0.15, 0.2) is 91.0 Å². The van der Waals surface area contributed by atoms with E-state index in [-0.39, 0.29) is 31.0 Å². The normalized spacial score (nSPS) is 17.5. The SMILES string of the molecule is COc1ccc([C@@H]2[C@@H](C(=O)Nc3ccc4c(c3)OCO4)c3ccccc3C(=O)N2Cc2ccc(F)cc2)cc1. The standard InChI is InChI=1S/C31H25FN2O5/c1-37-23-13-8-20(9-14-23)29-28(30(35)33-22-12-15-26-27(16-22)39-18-38-26)24-4-2-3-5-25(24)31(36)34(29)17-19-6-10-21(32)11-7-19/h2-16,28-29H,17-18H2,1H3,(H,33,35)/t28-,29+/m0/s1. The lowest BCUT2D eigenvalue weighted by Crippen LogP contribution is -2.45. The molecular weight excluding hydrogens is 499 g/mol. The van der Waals surface area contributed by atoms with Crippen LogP contribution in [0.25, 0.3) is 0 Å². The molecule has 0 aliphatic carbocycles. The number of hydrogen-bond donors (Lipinski definition) is 1. The molecule has 4 aromatic carbocycles.